The Bertz CT molecular complexity index is 774. The van der Waals surface area contributed by atoms with E-state index in [1.54, 1.807) is 0 Å². The van der Waals surface area contributed by atoms with E-state index in [2.05, 4.69) is 57.0 Å². The third kappa shape index (κ3) is 8.34. The van der Waals surface area contributed by atoms with E-state index in [9.17, 15) is 0 Å². The first-order chi connectivity index (χ1) is 13.2. The fourth-order valence-corrected chi connectivity index (χ4v) is 4.12. The Morgan fingerprint density at radius 2 is 1.39 bits per heavy atom. The zero-order chi connectivity index (χ0) is 21.3. The maximum absolute atomic E-state index is 4.76. The van der Waals surface area contributed by atoms with Crippen LogP contribution in [-0.4, -0.2) is 54.9 Å². The molecule has 0 saturated carbocycles. The monoisotopic (exact) mass is 483 g/mol. The zero-order valence-corrected chi connectivity index (χ0v) is 20.8. The molecule has 0 bridgehead atoms. The standard InChI is InChI=1S/C19H28N5P.2ClH.Fe/c1-14-10-15(2)19(16(3)11-14)20-12-17-8-9-18(22-17)13-21-25(23(4)5)24(6)7;;;/h8-13,22H,1-7H3;2*1H;/q;;;+2/p-2/b20-12?,21-13+;;;. The normalized spacial score (nSPS) is 12.0. The van der Waals surface area contributed by atoms with Crippen molar-refractivity contribution < 1.29 is 13.1 Å². The quantitative estimate of drug-likeness (QED) is 0.319. The van der Waals surface area contributed by atoms with Crippen LogP contribution >= 0.6 is 28.6 Å². The van der Waals surface area contributed by atoms with Crippen molar-refractivity contribution in [3.05, 3.63) is 52.3 Å². The number of aliphatic imine (C=N–C) groups is 1. The molecule has 1 aromatic heterocycles. The number of nitrogens with zero attached hydrogens (tertiary/aromatic N) is 4. The summed E-state index contributed by atoms with van der Waals surface area (Å²) in [5, 5.41) is 0. The van der Waals surface area contributed by atoms with Gasteiger partial charge >= 0.3 is 33.3 Å². The summed E-state index contributed by atoms with van der Waals surface area (Å²) in [7, 11) is 17.0. The molecule has 0 aliphatic carbocycles. The number of aryl methyl sites for hydroxylation is 3. The van der Waals surface area contributed by atoms with Crippen molar-refractivity contribution >= 4 is 46.7 Å². The van der Waals surface area contributed by atoms with Crippen molar-refractivity contribution in [2.24, 2.45) is 9.76 Å². The van der Waals surface area contributed by atoms with E-state index in [-0.39, 0.29) is 13.1 Å². The van der Waals surface area contributed by atoms with Crippen molar-refractivity contribution in [1.29, 1.82) is 0 Å². The third-order valence-electron chi connectivity index (χ3n) is 3.71. The van der Waals surface area contributed by atoms with Crippen LogP contribution in [0.5, 0.6) is 0 Å². The number of rotatable bonds is 6. The molecule has 5 nitrogen and oxygen atoms in total. The summed E-state index contributed by atoms with van der Waals surface area (Å²) in [4.78, 5) is 8.01. The second-order valence-electron chi connectivity index (χ2n) is 6.63. The van der Waals surface area contributed by atoms with Crippen LogP contribution in [0.15, 0.2) is 34.0 Å². The SMILES string of the molecule is Cc1cc(C)c(N=Cc2ccc(/C=N/P(N(C)C)N(C)C)[nH]2)c(C)c1.[Cl][Fe][Cl]. The molecule has 0 amide bonds. The van der Waals surface area contributed by atoms with Gasteiger partial charge in [-0.15, -0.1) is 0 Å². The van der Waals surface area contributed by atoms with Crippen molar-refractivity contribution in [1.82, 2.24) is 14.3 Å². The van der Waals surface area contributed by atoms with Gasteiger partial charge in [0, 0.05) is 0 Å². The van der Waals surface area contributed by atoms with Crippen molar-refractivity contribution in [2.45, 2.75) is 20.8 Å². The van der Waals surface area contributed by atoms with Gasteiger partial charge in [-0.2, -0.15) is 0 Å². The van der Waals surface area contributed by atoms with E-state index < -0.39 is 8.37 Å². The molecule has 0 saturated heterocycles. The van der Waals surface area contributed by atoms with Gasteiger partial charge in [0.25, 0.3) is 0 Å². The summed E-state index contributed by atoms with van der Waals surface area (Å²) < 4.78 is 8.93. The van der Waals surface area contributed by atoms with E-state index >= 15 is 0 Å². The van der Waals surface area contributed by atoms with Gasteiger partial charge in [0.1, 0.15) is 0 Å². The fraction of sp³-hybridized carbons (Fsp3) is 0.368. The van der Waals surface area contributed by atoms with Gasteiger partial charge in [0.15, 0.2) is 8.37 Å². The molecular formula is C19H28Cl2FeN5P. The molecule has 2 aromatic rings. The van der Waals surface area contributed by atoms with Gasteiger partial charge in [0.05, 0.1) is 29.5 Å². The van der Waals surface area contributed by atoms with Crippen LogP contribution in [0.1, 0.15) is 28.1 Å². The van der Waals surface area contributed by atoms with E-state index in [0.717, 1.165) is 17.1 Å². The van der Waals surface area contributed by atoms with Gasteiger partial charge < -0.3 is 4.98 Å². The van der Waals surface area contributed by atoms with E-state index in [1.807, 2.05) is 52.8 Å². The van der Waals surface area contributed by atoms with Crippen molar-refractivity contribution in [3.8, 4) is 0 Å². The number of H-pyrrole nitrogens is 1. The molecule has 0 spiro atoms. The van der Waals surface area contributed by atoms with Crippen LogP contribution in [-0.2, 0) is 13.1 Å². The van der Waals surface area contributed by atoms with Crippen LogP contribution < -0.4 is 0 Å². The molecule has 0 aliphatic heterocycles. The van der Waals surface area contributed by atoms with Crippen LogP contribution in [0.2, 0.25) is 0 Å². The maximum atomic E-state index is 4.76. The predicted molar refractivity (Wildman–Crippen MR) is 122 cm³/mol. The minimum atomic E-state index is -0.666. The summed E-state index contributed by atoms with van der Waals surface area (Å²) in [6, 6.07) is 8.38. The predicted octanol–water partition coefficient (Wildman–Crippen LogP) is 5.84. The Morgan fingerprint density at radius 1 is 0.929 bits per heavy atom. The van der Waals surface area contributed by atoms with Gasteiger partial charge in [-0.3, -0.25) is 14.3 Å². The Morgan fingerprint density at radius 3 is 1.86 bits per heavy atom. The van der Waals surface area contributed by atoms with Crippen LogP contribution in [0.3, 0.4) is 0 Å². The second kappa shape index (κ2) is 12.8. The van der Waals surface area contributed by atoms with E-state index in [0.29, 0.717) is 0 Å². The molecule has 156 valence electrons. The molecule has 1 heterocycles. The Hall–Kier alpha value is -0.711. The average Bonchev–Trinajstić information content (AvgIpc) is 3.02. The van der Waals surface area contributed by atoms with Crippen LogP contribution in [0.25, 0.3) is 0 Å². The Balaban J connectivity index is 0.00000122. The van der Waals surface area contributed by atoms with Crippen LogP contribution in [0, 0.1) is 20.8 Å². The van der Waals surface area contributed by atoms with Crippen LogP contribution in [0.4, 0.5) is 5.69 Å². The van der Waals surface area contributed by atoms with Gasteiger partial charge in [-0.25, -0.2) is 4.76 Å². The zero-order valence-electron chi connectivity index (χ0n) is 17.3. The van der Waals surface area contributed by atoms with Crippen molar-refractivity contribution in [3.63, 3.8) is 0 Å². The minimum absolute atomic E-state index is 0.194. The Kier molecular flexibility index (Phi) is 11.5. The summed E-state index contributed by atoms with van der Waals surface area (Å²) in [5.41, 5.74) is 6.66. The third-order valence-corrected chi connectivity index (χ3v) is 5.47. The fourth-order valence-electron chi connectivity index (χ4n) is 2.77. The van der Waals surface area contributed by atoms with E-state index in [1.165, 1.54) is 16.7 Å². The number of nitrogens with one attached hydrogen (secondary N) is 1. The summed E-state index contributed by atoms with van der Waals surface area (Å²) in [6.45, 7) is 6.31. The first-order valence-corrected chi connectivity index (χ1v) is 12.8. The number of hydrogen-bond acceptors (Lipinski definition) is 4. The Labute approximate surface area is 184 Å². The number of aromatic amines is 1. The topological polar surface area (TPSA) is 47.0 Å². The number of hydrogen-bond donors (Lipinski definition) is 1. The summed E-state index contributed by atoms with van der Waals surface area (Å²) in [6.07, 6.45) is 3.77. The number of benzene rings is 1. The number of halogens is 2. The van der Waals surface area contributed by atoms with E-state index in [4.69, 9.17) is 20.2 Å². The van der Waals surface area contributed by atoms with Gasteiger partial charge in [0.2, 0.25) is 0 Å². The molecule has 0 unspecified atom stereocenters. The molecule has 0 radical (unpaired) electrons. The van der Waals surface area contributed by atoms with Gasteiger partial charge in [-0.05, 0) is 72.2 Å². The van der Waals surface area contributed by atoms with Gasteiger partial charge in [-0.1, -0.05) is 17.7 Å². The van der Waals surface area contributed by atoms with Crippen molar-refractivity contribution in [2.75, 3.05) is 28.2 Å². The first kappa shape index (κ1) is 25.3. The molecular weight excluding hydrogens is 456 g/mol. The molecule has 9 heteroatoms. The molecule has 0 atom stereocenters. The molecule has 28 heavy (non-hydrogen) atoms. The molecule has 1 aromatic carbocycles. The second-order valence-corrected chi connectivity index (χ2v) is 10.8. The number of aromatic nitrogens is 1. The molecule has 0 aliphatic rings. The summed E-state index contributed by atoms with van der Waals surface area (Å²) >= 11 is 0.194. The molecule has 2 rings (SSSR count). The first-order valence-electron chi connectivity index (χ1n) is 8.54. The molecule has 1 N–H and O–H groups in total. The average molecular weight is 484 g/mol. The molecule has 0 fully saturated rings. The summed E-state index contributed by atoms with van der Waals surface area (Å²) in [5.74, 6) is 0.